The molecule has 2 aromatic carbocycles. The van der Waals surface area contributed by atoms with Gasteiger partial charge in [0.1, 0.15) is 5.82 Å². The van der Waals surface area contributed by atoms with Gasteiger partial charge in [-0.1, -0.05) is 59.2 Å². The van der Waals surface area contributed by atoms with Crippen LogP contribution in [0.1, 0.15) is 22.3 Å². The van der Waals surface area contributed by atoms with Gasteiger partial charge in [-0.2, -0.15) is 4.98 Å². The van der Waals surface area contributed by atoms with E-state index in [0.29, 0.717) is 39.5 Å². The molecule has 0 N–H and O–H groups in total. The Kier molecular flexibility index (Phi) is 12.0. The van der Waals surface area contributed by atoms with Crippen LogP contribution >= 0.6 is 35.0 Å². The fourth-order valence-corrected chi connectivity index (χ4v) is 5.18. The van der Waals surface area contributed by atoms with Crippen LogP contribution in [0.4, 0.5) is 4.39 Å². The molecule has 0 aliphatic carbocycles. The molecular weight excluding hydrogens is 638 g/mol. The number of aryl methyl sites for hydroxylation is 1. The van der Waals surface area contributed by atoms with Crippen LogP contribution in [-0.4, -0.2) is 50.0 Å². The molecule has 0 saturated carbocycles. The van der Waals surface area contributed by atoms with E-state index in [4.69, 9.17) is 27.9 Å². The highest BCUT2D eigenvalue weighted by molar-refractivity contribution is 7.98. The molecule has 0 aliphatic rings. The first-order valence-electron chi connectivity index (χ1n) is 13.5. The first kappa shape index (κ1) is 33.6. The Morgan fingerprint density at radius 2 is 1.64 bits per heavy atom. The minimum absolute atomic E-state index is 0.267. The second kappa shape index (κ2) is 16.1. The molecule has 5 aromatic rings. The van der Waals surface area contributed by atoms with Crippen molar-refractivity contribution in [2.75, 3.05) is 14.2 Å². The normalized spacial score (nSPS) is 10.5. The lowest BCUT2D eigenvalue weighted by Crippen LogP contribution is -2.18. The summed E-state index contributed by atoms with van der Waals surface area (Å²) in [4.78, 5) is 41.0. The average Bonchev–Trinajstić information content (AvgIpc) is 3.05. The second-order valence-electron chi connectivity index (χ2n) is 9.84. The van der Waals surface area contributed by atoms with Gasteiger partial charge in [0.15, 0.2) is 5.16 Å². The second-order valence-corrected chi connectivity index (χ2v) is 11.6. The summed E-state index contributed by atoms with van der Waals surface area (Å²) in [6.07, 6.45) is 7.95. The van der Waals surface area contributed by atoms with E-state index in [1.54, 1.807) is 61.0 Å². The number of halogens is 3. The van der Waals surface area contributed by atoms with Gasteiger partial charge >= 0.3 is 6.01 Å². The third-order valence-electron chi connectivity index (χ3n) is 6.32. The number of amides is 1. The number of nitrogens with zero attached hydrogens (tertiary/aromatic N) is 6. The molecule has 5 rings (SSSR count). The van der Waals surface area contributed by atoms with Crippen molar-refractivity contribution in [3.63, 3.8) is 0 Å². The number of pyridine rings is 1. The number of hydrogen-bond donors (Lipinski definition) is 0. The maximum absolute atomic E-state index is 13.0. The van der Waals surface area contributed by atoms with Crippen molar-refractivity contribution in [2.24, 2.45) is 7.05 Å². The summed E-state index contributed by atoms with van der Waals surface area (Å²) in [7, 11) is 5.06. The highest BCUT2D eigenvalue weighted by Gasteiger charge is 2.10. The van der Waals surface area contributed by atoms with E-state index in [9.17, 15) is 14.0 Å². The number of carbonyl (C=O) groups excluding carboxylic acids is 1. The predicted octanol–water partition coefficient (Wildman–Crippen LogP) is 6.24. The Balaban J connectivity index is 0.000000215. The number of carbonyl (C=O) groups is 1. The molecule has 0 unspecified atom stereocenters. The van der Waals surface area contributed by atoms with Crippen LogP contribution in [0.15, 0.2) is 89.3 Å². The number of benzene rings is 2. The zero-order chi connectivity index (χ0) is 32.3. The van der Waals surface area contributed by atoms with Crippen molar-refractivity contribution >= 4 is 41.4 Å². The Morgan fingerprint density at radius 1 is 0.956 bits per heavy atom. The third-order valence-corrected chi connectivity index (χ3v) is 8.17. The summed E-state index contributed by atoms with van der Waals surface area (Å²) < 4.78 is 19.7. The smallest absolute Gasteiger partial charge is 0.316 e. The molecule has 1 amide bonds. The van der Waals surface area contributed by atoms with Crippen LogP contribution in [-0.2, 0) is 30.6 Å². The first-order valence-corrected chi connectivity index (χ1v) is 15.2. The monoisotopic (exact) mass is 666 g/mol. The molecule has 0 bridgehead atoms. The molecule has 13 heteroatoms. The number of ether oxygens (including phenoxy) is 1. The van der Waals surface area contributed by atoms with Gasteiger partial charge in [0.2, 0.25) is 6.41 Å². The summed E-state index contributed by atoms with van der Waals surface area (Å²) in [6.45, 7) is 0.540. The van der Waals surface area contributed by atoms with Crippen molar-refractivity contribution in [3.05, 3.63) is 128 Å². The molecule has 0 aliphatic heterocycles. The van der Waals surface area contributed by atoms with E-state index in [1.165, 1.54) is 31.0 Å². The number of rotatable bonds is 10. The molecule has 0 atom stereocenters. The highest BCUT2D eigenvalue weighted by Crippen LogP contribution is 2.27. The zero-order valence-corrected chi connectivity index (χ0v) is 27.0. The topological polar surface area (TPSA) is 103 Å². The molecule has 3 heterocycles. The molecule has 0 saturated heterocycles. The van der Waals surface area contributed by atoms with Gasteiger partial charge in [0, 0.05) is 68.7 Å². The number of aromatic nitrogens is 5. The summed E-state index contributed by atoms with van der Waals surface area (Å²) in [5, 5.41) is 1.63. The van der Waals surface area contributed by atoms with Gasteiger partial charge in [-0.05, 0) is 47.0 Å². The fourth-order valence-electron chi connectivity index (χ4n) is 3.99. The Labute approximate surface area is 274 Å². The number of hydrogen-bond acceptors (Lipinski definition) is 8. The Hall–Kier alpha value is -4.32. The molecule has 3 aromatic heterocycles. The molecule has 9 nitrogen and oxygen atoms in total. The van der Waals surface area contributed by atoms with E-state index >= 15 is 0 Å². The summed E-state index contributed by atoms with van der Waals surface area (Å²) in [5.74, 6) is 0.336. The van der Waals surface area contributed by atoms with E-state index in [2.05, 4.69) is 19.9 Å². The van der Waals surface area contributed by atoms with Crippen LogP contribution in [0.3, 0.4) is 0 Å². The lowest BCUT2D eigenvalue weighted by atomic mass is 10.1. The highest BCUT2D eigenvalue weighted by atomic mass is 35.5. The largest absolute Gasteiger partial charge is 0.467 e. The van der Waals surface area contributed by atoms with E-state index in [1.807, 2.05) is 29.8 Å². The molecule has 0 fully saturated rings. The van der Waals surface area contributed by atoms with Gasteiger partial charge in [-0.25, -0.2) is 14.4 Å². The van der Waals surface area contributed by atoms with Crippen molar-refractivity contribution in [1.29, 1.82) is 0 Å². The van der Waals surface area contributed by atoms with Crippen LogP contribution in [0.2, 0.25) is 10.0 Å². The van der Waals surface area contributed by atoms with Crippen molar-refractivity contribution in [2.45, 2.75) is 23.9 Å². The van der Waals surface area contributed by atoms with Crippen LogP contribution < -0.4 is 10.3 Å². The van der Waals surface area contributed by atoms with Crippen LogP contribution in [0.25, 0.3) is 11.3 Å². The maximum atomic E-state index is 13.0. The van der Waals surface area contributed by atoms with Crippen molar-refractivity contribution in [3.8, 4) is 17.3 Å². The van der Waals surface area contributed by atoms with E-state index < -0.39 is 0 Å². The van der Waals surface area contributed by atoms with Gasteiger partial charge in [0.25, 0.3) is 5.56 Å². The standard InChI is InChI=1S/C18H17FN4O2S.C14H12Cl2N2O/c1-23-10-14(7-13-8-20-17(25-2)21-9-13)16(24)22-18(23)26-11-12-3-5-15(19)6-4-12;1-18(9-19)8-10-2-5-14(17-7-10)11-3-4-12(15)13(16)6-11/h3-6,8-10H,7,11H2,1-2H3;2-7,9H,8H2,1H3. The molecular formula is C32H29Cl2FN6O3S. The minimum Gasteiger partial charge on any atom is -0.467 e. The first-order chi connectivity index (χ1) is 21.6. The zero-order valence-electron chi connectivity index (χ0n) is 24.7. The van der Waals surface area contributed by atoms with Gasteiger partial charge in [0.05, 0.1) is 22.8 Å². The quantitative estimate of drug-likeness (QED) is 0.0980. The van der Waals surface area contributed by atoms with Gasteiger partial charge in [-0.15, -0.1) is 0 Å². The average molecular weight is 668 g/mol. The number of thioether (sulfide) groups is 1. The summed E-state index contributed by atoms with van der Waals surface area (Å²) >= 11 is 13.3. The van der Waals surface area contributed by atoms with Crippen LogP contribution in [0, 0.1) is 5.82 Å². The molecule has 0 radical (unpaired) electrons. The maximum Gasteiger partial charge on any atom is 0.316 e. The fraction of sp³-hybridized carbons (Fsp3) is 0.188. The Morgan fingerprint density at radius 3 is 2.27 bits per heavy atom. The lowest BCUT2D eigenvalue weighted by molar-refractivity contribution is -0.117. The lowest BCUT2D eigenvalue weighted by Gasteiger charge is -2.10. The van der Waals surface area contributed by atoms with Crippen molar-refractivity contribution < 1.29 is 13.9 Å². The molecule has 232 valence electrons. The number of methoxy groups -OCH3 is 1. The summed E-state index contributed by atoms with van der Waals surface area (Å²) in [6, 6.07) is 15.8. The van der Waals surface area contributed by atoms with Crippen LogP contribution in [0.5, 0.6) is 6.01 Å². The van der Waals surface area contributed by atoms with Crippen molar-refractivity contribution in [1.82, 2.24) is 29.4 Å². The van der Waals surface area contributed by atoms with E-state index in [-0.39, 0.29) is 17.4 Å². The minimum atomic E-state index is -0.277. The van der Waals surface area contributed by atoms with E-state index in [0.717, 1.165) is 34.4 Å². The third kappa shape index (κ3) is 9.84. The summed E-state index contributed by atoms with van der Waals surface area (Å²) in [5.41, 5.74) is 4.74. The Bertz CT molecular complexity index is 1790. The molecule has 45 heavy (non-hydrogen) atoms. The SMILES string of the molecule is CN(C=O)Cc1ccc(-c2ccc(Cl)c(Cl)c2)nc1.COc1ncc(Cc2cn(C)c(SCc3ccc(F)cc3)nc2=O)cn1. The van der Waals surface area contributed by atoms with Gasteiger partial charge in [-0.3, -0.25) is 14.6 Å². The molecule has 0 spiro atoms. The predicted molar refractivity (Wildman–Crippen MR) is 174 cm³/mol. The van der Waals surface area contributed by atoms with Gasteiger partial charge < -0.3 is 14.2 Å².